The molecule has 21 nitrogen and oxygen atoms in total. The van der Waals surface area contributed by atoms with Crippen LogP contribution in [0.2, 0.25) is 0 Å². The van der Waals surface area contributed by atoms with E-state index < -0.39 is 114 Å². The van der Waals surface area contributed by atoms with Crippen LogP contribution in [0.4, 0.5) is 0 Å². The third-order valence-corrected chi connectivity index (χ3v) is 15.4. The molecular weight excluding hydrogens is 1120 g/mol. The van der Waals surface area contributed by atoms with Crippen molar-refractivity contribution in [2.75, 3.05) is 68.3 Å². The summed E-state index contributed by atoms with van der Waals surface area (Å²) in [5.41, 5.74) is 0.136. The summed E-state index contributed by atoms with van der Waals surface area (Å²) in [5.74, 6) is -5.31. The minimum atomic E-state index is -1.51. The van der Waals surface area contributed by atoms with Crippen molar-refractivity contribution in [1.29, 1.82) is 0 Å². The summed E-state index contributed by atoms with van der Waals surface area (Å²) in [6, 6.07) is 23.4. The van der Waals surface area contributed by atoms with Crippen LogP contribution < -0.4 is 24.8 Å². The number of amides is 6. The number of piperidine rings is 1. The first-order valence-corrected chi connectivity index (χ1v) is 29.3. The zero-order valence-corrected chi connectivity index (χ0v) is 51.8. The van der Waals surface area contributed by atoms with Gasteiger partial charge in [-0.2, -0.15) is 0 Å². The standard InChI is InChI=1S/C66H84N6O15/c1-43-59(76)68-57(46-25-16-13-17-26-46)62(79)71(9)51(40-86-65(2,3)4)60(77)67-49(37-44-23-14-12-15-24-44)61(78)69(7)35-20-19-30-56(74)85-42-66(5,6)58(75)63(80)72-36-21-18-29-50(72)64(81)87-52(33-31-45-32-34-53(82-10)54(38-45)83-11)47-27-22-28-48(39-47)84-41-55(73)70(43)8/h12-17,19,22-28,30,32,34,38-39,43,49-52,57H,18,20-21,29,31,33,35-37,40-42H2,1-11H3,(H,67,77)(H,68,76)/t43-,49+,50-,51-,52+,57?/m0/s1. The lowest BCUT2D eigenvalue weighted by Crippen LogP contribution is -2.58. The Morgan fingerprint density at radius 3 is 2.06 bits per heavy atom. The normalized spacial score (nSPS) is 22.4. The van der Waals surface area contributed by atoms with Crippen molar-refractivity contribution in [3.63, 3.8) is 0 Å². The van der Waals surface area contributed by atoms with Crippen LogP contribution in [0.5, 0.6) is 17.2 Å². The number of hydrogen-bond donors (Lipinski definition) is 2. The van der Waals surface area contributed by atoms with Gasteiger partial charge in [0.2, 0.25) is 29.4 Å². The number of nitrogens with one attached hydrogen (secondary N) is 2. The molecule has 0 radical (unpaired) electrons. The van der Waals surface area contributed by atoms with Gasteiger partial charge in [-0.3, -0.25) is 33.6 Å². The van der Waals surface area contributed by atoms with Gasteiger partial charge in [-0.05, 0) is 127 Å². The molecule has 6 amide bonds. The number of ether oxygens (including phenoxy) is 6. The number of methoxy groups -OCH3 is 2. The lowest BCUT2D eigenvalue weighted by atomic mass is 9.87. The van der Waals surface area contributed by atoms with Gasteiger partial charge in [0.25, 0.3) is 11.8 Å². The molecule has 2 aliphatic rings. The van der Waals surface area contributed by atoms with Gasteiger partial charge in [0.1, 0.15) is 48.7 Å². The Hall–Kier alpha value is -8.59. The van der Waals surface area contributed by atoms with Gasteiger partial charge in [-0.15, -0.1) is 0 Å². The SMILES string of the molecule is COc1ccc(CC[C@H]2OC(=O)[C@@H]3CCCCN3C(=O)C(=O)C(C)(C)COC(=O)C=CCCN(C)C(=O)[C@@H](Cc3ccccc3)NC(=O)[C@H](COC(C)(C)C)N(C)C(=O)C(c3ccccc3)NC(=O)[C@H](C)N(C)C(=O)COc3cccc2c3)cc1OC. The summed E-state index contributed by atoms with van der Waals surface area (Å²) in [6.07, 6.45) is 3.86. The zero-order chi connectivity index (χ0) is 63.6. The molecular formula is C66H84N6O15. The molecule has 1 saturated heterocycles. The van der Waals surface area contributed by atoms with Crippen LogP contribution in [0, 0.1) is 5.41 Å². The highest BCUT2D eigenvalue weighted by Gasteiger charge is 2.43. The van der Waals surface area contributed by atoms with Crippen molar-refractivity contribution < 1.29 is 71.6 Å². The van der Waals surface area contributed by atoms with Crippen molar-refractivity contribution in [3.05, 3.63) is 138 Å². The Balaban J connectivity index is 1.34. The average molecular weight is 1200 g/mol. The maximum atomic E-state index is 15.0. The van der Waals surface area contributed by atoms with Crippen LogP contribution in [-0.2, 0) is 70.2 Å². The molecule has 21 heteroatoms. The van der Waals surface area contributed by atoms with Gasteiger partial charge in [0.15, 0.2) is 18.1 Å². The summed E-state index contributed by atoms with van der Waals surface area (Å²) < 4.78 is 35.0. The first-order chi connectivity index (χ1) is 41.3. The van der Waals surface area contributed by atoms with Gasteiger partial charge in [-0.1, -0.05) is 84.9 Å². The fourth-order valence-electron chi connectivity index (χ4n) is 9.88. The van der Waals surface area contributed by atoms with E-state index in [1.807, 2.05) is 30.3 Å². The number of benzene rings is 4. The molecule has 2 aliphatic heterocycles. The second-order valence-electron chi connectivity index (χ2n) is 23.5. The molecule has 468 valence electrons. The first-order valence-electron chi connectivity index (χ1n) is 29.3. The van der Waals surface area contributed by atoms with E-state index in [1.54, 1.807) is 101 Å². The number of rotatable bonds is 10. The smallest absolute Gasteiger partial charge is 0.330 e. The number of likely N-dealkylation sites (N-methyl/N-ethyl adjacent to an activating group) is 3. The summed E-state index contributed by atoms with van der Waals surface area (Å²) in [7, 11) is 7.43. The van der Waals surface area contributed by atoms with E-state index in [4.69, 9.17) is 28.4 Å². The van der Waals surface area contributed by atoms with Crippen LogP contribution in [0.25, 0.3) is 0 Å². The van der Waals surface area contributed by atoms with Gasteiger partial charge >= 0.3 is 11.9 Å². The Bertz CT molecular complexity index is 3090. The van der Waals surface area contributed by atoms with E-state index in [2.05, 4.69) is 10.6 Å². The maximum Gasteiger partial charge on any atom is 0.330 e. The quantitative estimate of drug-likeness (QED) is 0.130. The summed E-state index contributed by atoms with van der Waals surface area (Å²) >= 11 is 0. The molecule has 1 unspecified atom stereocenters. The molecule has 0 saturated carbocycles. The highest BCUT2D eigenvalue weighted by atomic mass is 16.5. The van der Waals surface area contributed by atoms with E-state index in [9.17, 15) is 43.2 Å². The highest BCUT2D eigenvalue weighted by Crippen LogP contribution is 2.33. The van der Waals surface area contributed by atoms with Crippen molar-refractivity contribution in [1.82, 2.24) is 30.2 Å². The number of Topliss-reactive ketones (excluding diaryl/α,β-unsaturated/α-hetero) is 1. The minimum Gasteiger partial charge on any atom is -0.493 e. The number of hydrogen-bond acceptors (Lipinski definition) is 15. The van der Waals surface area contributed by atoms with Gasteiger partial charge in [0, 0.05) is 46.7 Å². The van der Waals surface area contributed by atoms with Crippen LogP contribution in [0.3, 0.4) is 0 Å². The summed E-state index contributed by atoms with van der Waals surface area (Å²) in [6.45, 7) is 8.68. The molecule has 1 fully saturated rings. The van der Waals surface area contributed by atoms with E-state index in [1.165, 1.54) is 74.8 Å². The Labute approximate surface area is 510 Å². The van der Waals surface area contributed by atoms with Gasteiger partial charge < -0.3 is 58.7 Å². The number of nitrogens with zero attached hydrogens (tertiary/aromatic N) is 4. The van der Waals surface area contributed by atoms with E-state index in [-0.39, 0.29) is 51.1 Å². The third kappa shape index (κ3) is 19.0. The number of carbonyl (C=O) groups excluding carboxylic acids is 9. The second-order valence-corrected chi connectivity index (χ2v) is 23.5. The molecule has 0 spiro atoms. The largest absolute Gasteiger partial charge is 0.493 e. The average Bonchev–Trinajstić information content (AvgIpc) is 3.12. The molecule has 0 aliphatic carbocycles. The molecule has 4 aromatic carbocycles. The van der Waals surface area contributed by atoms with E-state index in [0.29, 0.717) is 41.9 Å². The fourth-order valence-corrected chi connectivity index (χ4v) is 9.88. The van der Waals surface area contributed by atoms with Crippen LogP contribution >= 0.6 is 0 Å². The maximum absolute atomic E-state index is 15.0. The zero-order valence-electron chi connectivity index (χ0n) is 51.8. The third-order valence-electron chi connectivity index (χ3n) is 15.4. The molecule has 0 aromatic heterocycles. The number of aryl methyl sites for hydroxylation is 1. The molecule has 2 heterocycles. The van der Waals surface area contributed by atoms with Crippen molar-refractivity contribution in [2.24, 2.45) is 5.41 Å². The topological polar surface area (TPSA) is 246 Å². The van der Waals surface area contributed by atoms with Gasteiger partial charge in [0.05, 0.1) is 31.8 Å². The lowest BCUT2D eigenvalue weighted by molar-refractivity contribution is -0.165. The summed E-state index contributed by atoms with van der Waals surface area (Å²) in [4.78, 5) is 133. The Morgan fingerprint density at radius 1 is 0.701 bits per heavy atom. The molecule has 6 rings (SSSR count). The van der Waals surface area contributed by atoms with Crippen molar-refractivity contribution >= 4 is 53.2 Å². The summed E-state index contributed by atoms with van der Waals surface area (Å²) in [5, 5.41) is 5.72. The monoisotopic (exact) mass is 1200 g/mol. The Kier molecular flexibility index (Phi) is 24.2. The van der Waals surface area contributed by atoms with Crippen molar-refractivity contribution in [2.45, 2.75) is 128 Å². The number of cyclic esters (lactones) is 2. The van der Waals surface area contributed by atoms with Crippen LogP contribution in [0.15, 0.2) is 115 Å². The highest BCUT2D eigenvalue weighted by molar-refractivity contribution is 6.38. The molecule has 6 atom stereocenters. The van der Waals surface area contributed by atoms with Gasteiger partial charge in [-0.25, -0.2) is 9.59 Å². The Morgan fingerprint density at radius 2 is 1.38 bits per heavy atom. The molecule has 4 aromatic rings. The second kappa shape index (κ2) is 31.2. The van der Waals surface area contributed by atoms with E-state index in [0.717, 1.165) is 17.2 Å². The number of fused-ring (bicyclic) bond motifs is 3. The minimum absolute atomic E-state index is 0.0648. The number of carbonyl (C=O) groups is 9. The molecule has 2 N–H and O–H groups in total. The lowest BCUT2D eigenvalue weighted by Gasteiger charge is -2.36. The number of esters is 2. The van der Waals surface area contributed by atoms with Crippen LogP contribution in [-0.4, -0.2) is 171 Å². The number of ketones is 1. The predicted molar refractivity (Wildman–Crippen MR) is 323 cm³/mol. The predicted octanol–water partition coefficient (Wildman–Crippen LogP) is 6.31. The van der Waals surface area contributed by atoms with Crippen molar-refractivity contribution in [3.8, 4) is 17.2 Å². The van der Waals surface area contributed by atoms with Crippen LogP contribution in [0.1, 0.15) is 108 Å². The fraction of sp³-hybridized carbons (Fsp3) is 0.470. The molecule has 87 heavy (non-hydrogen) atoms. The van der Waals surface area contributed by atoms with E-state index >= 15 is 0 Å². The molecule has 2 bridgehead atoms. The first kappa shape index (κ1) is 67.5.